The van der Waals surface area contributed by atoms with Gasteiger partial charge in [-0.05, 0) is 35.9 Å². The number of urea groups is 1. The Kier molecular flexibility index (Phi) is 7.49. The number of anilines is 1. The second kappa shape index (κ2) is 10.5. The molecule has 0 spiro atoms. The Morgan fingerprint density at radius 3 is 2.36 bits per heavy atom. The van der Waals surface area contributed by atoms with Crippen LogP contribution in [0.1, 0.15) is 5.56 Å². The van der Waals surface area contributed by atoms with Crippen LogP contribution in [-0.2, 0) is 21.3 Å². The van der Waals surface area contributed by atoms with Crippen LogP contribution in [0.2, 0.25) is 0 Å². The van der Waals surface area contributed by atoms with Crippen LogP contribution < -0.4 is 10.1 Å². The molecule has 0 atom stereocenters. The van der Waals surface area contributed by atoms with E-state index in [4.69, 9.17) is 9.47 Å². The number of carbonyl (C=O) groups excluding carboxylic acids is 1. The molecule has 2 amide bonds. The maximum absolute atomic E-state index is 12.9. The molecule has 9 nitrogen and oxygen atoms in total. The van der Waals surface area contributed by atoms with Gasteiger partial charge in [0.1, 0.15) is 5.75 Å². The third-order valence-electron chi connectivity index (χ3n) is 5.92. The summed E-state index contributed by atoms with van der Waals surface area (Å²) in [6.07, 6.45) is 0. The molecule has 0 aliphatic carbocycles. The minimum Gasteiger partial charge on any atom is -0.497 e. The van der Waals surface area contributed by atoms with E-state index in [1.54, 1.807) is 30.2 Å². The van der Waals surface area contributed by atoms with Crippen molar-refractivity contribution in [1.29, 1.82) is 0 Å². The quantitative estimate of drug-likeness (QED) is 0.689. The first-order chi connectivity index (χ1) is 16.0. The molecule has 2 aromatic carbocycles. The van der Waals surface area contributed by atoms with Crippen LogP contribution in [0.4, 0.5) is 10.5 Å². The van der Waals surface area contributed by atoms with E-state index in [1.165, 1.54) is 15.9 Å². The normalized spacial score (nSPS) is 18.2. The molecule has 4 rings (SSSR count). The lowest BCUT2D eigenvalue weighted by molar-refractivity contribution is 0.0730. The Hall–Kier alpha value is -2.66. The fourth-order valence-electron chi connectivity index (χ4n) is 3.97. The number of sulfonamides is 1. The summed E-state index contributed by atoms with van der Waals surface area (Å²) >= 11 is 0. The topological polar surface area (TPSA) is 91.4 Å². The van der Waals surface area contributed by atoms with Crippen molar-refractivity contribution in [3.8, 4) is 5.75 Å². The Morgan fingerprint density at radius 1 is 1.00 bits per heavy atom. The molecule has 2 aliphatic rings. The van der Waals surface area contributed by atoms with Gasteiger partial charge in [0.25, 0.3) is 0 Å². The average Bonchev–Trinajstić information content (AvgIpc) is 2.85. The van der Waals surface area contributed by atoms with Crippen molar-refractivity contribution in [3.05, 3.63) is 54.1 Å². The van der Waals surface area contributed by atoms with Crippen molar-refractivity contribution in [2.24, 2.45) is 0 Å². The van der Waals surface area contributed by atoms with E-state index in [2.05, 4.69) is 22.3 Å². The van der Waals surface area contributed by atoms with Gasteiger partial charge >= 0.3 is 6.03 Å². The molecule has 2 aromatic rings. The highest BCUT2D eigenvalue weighted by atomic mass is 32.2. The molecule has 2 fully saturated rings. The number of nitrogens with one attached hydrogen (secondary N) is 1. The minimum atomic E-state index is -3.61. The van der Waals surface area contributed by atoms with Crippen LogP contribution >= 0.6 is 0 Å². The van der Waals surface area contributed by atoms with Crippen molar-refractivity contribution >= 4 is 21.7 Å². The number of carbonyl (C=O) groups is 1. The highest BCUT2D eigenvalue weighted by molar-refractivity contribution is 7.89. The van der Waals surface area contributed by atoms with Gasteiger partial charge in [-0.15, -0.1) is 0 Å². The maximum Gasteiger partial charge on any atom is 0.321 e. The van der Waals surface area contributed by atoms with E-state index in [-0.39, 0.29) is 10.9 Å². The SMILES string of the molecule is COc1ccc(CN2CCN(C(=O)Nc3cccc(S(=O)(=O)N4CCOCC4)c3)CC2)cc1. The van der Waals surface area contributed by atoms with Gasteiger partial charge in [0.2, 0.25) is 10.0 Å². The van der Waals surface area contributed by atoms with Crippen LogP contribution in [0.3, 0.4) is 0 Å². The number of benzene rings is 2. The first kappa shape index (κ1) is 23.5. The van der Waals surface area contributed by atoms with E-state index >= 15 is 0 Å². The van der Waals surface area contributed by atoms with Gasteiger partial charge in [0.15, 0.2) is 0 Å². The van der Waals surface area contributed by atoms with Gasteiger partial charge in [0, 0.05) is 51.5 Å². The van der Waals surface area contributed by atoms with E-state index in [0.29, 0.717) is 45.1 Å². The van der Waals surface area contributed by atoms with Gasteiger partial charge in [-0.3, -0.25) is 4.90 Å². The summed E-state index contributed by atoms with van der Waals surface area (Å²) in [7, 11) is -1.96. The smallest absolute Gasteiger partial charge is 0.321 e. The zero-order valence-corrected chi connectivity index (χ0v) is 19.6. The first-order valence-corrected chi connectivity index (χ1v) is 12.5. The third-order valence-corrected chi connectivity index (χ3v) is 7.81. The molecule has 33 heavy (non-hydrogen) atoms. The summed E-state index contributed by atoms with van der Waals surface area (Å²) in [5.74, 6) is 0.835. The highest BCUT2D eigenvalue weighted by Crippen LogP contribution is 2.21. The van der Waals surface area contributed by atoms with Gasteiger partial charge in [-0.2, -0.15) is 4.31 Å². The summed E-state index contributed by atoms with van der Waals surface area (Å²) in [4.78, 5) is 17.0. The van der Waals surface area contributed by atoms with Crippen LogP contribution in [0.15, 0.2) is 53.4 Å². The predicted octanol–water partition coefficient (Wildman–Crippen LogP) is 2.07. The molecule has 178 valence electrons. The Balaban J connectivity index is 1.31. The second-order valence-electron chi connectivity index (χ2n) is 8.09. The number of morpholine rings is 1. The Morgan fingerprint density at radius 2 is 1.70 bits per heavy atom. The Bertz CT molecular complexity index is 1050. The van der Waals surface area contributed by atoms with E-state index < -0.39 is 10.0 Å². The molecule has 1 N–H and O–H groups in total. The summed E-state index contributed by atoms with van der Waals surface area (Å²) in [5, 5.41) is 2.85. The first-order valence-electron chi connectivity index (χ1n) is 11.0. The standard InChI is InChI=1S/C23H30N4O5S/c1-31-21-7-5-19(6-8-21)18-25-9-11-26(12-10-25)23(28)24-20-3-2-4-22(17-20)33(29,30)27-13-15-32-16-14-27/h2-8,17H,9-16,18H2,1H3,(H,24,28). The zero-order chi connectivity index (χ0) is 23.3. The van der Waals surface area contributed by atoms with Gasteiger partial charge in [-0.25, -0.2) is 13.2 Å². The van der Waals surface area contributed by atoms with E-state index in [1.807, 2.05) is 12.1 Å². The van der Waals surface area contributed by atoms with Crippen molar-refractivity contribution < 1.29 is 22.7 Å². The minimum absolute atomic E-state index is 0.173. The number of hydrogen-bond acceptors (Lipinski definition) is 6. The summed E-state index contributed by atoms with van der Waals surface area (Å²) < 4.78 is 37.6. The molecular weight excluding hydrogens is 444 g/mol. The van der Waals surface area contributed by atoms with Gasteiger partial charge in [0.05, 0.1) is 25.2 Å². The Labute approximate surface area is 194 Å². The number of methoxy groups -OCH3 is 1. The largest absolute Gasteiger partial charge is 0.497 e. The van der Waals surface area contributed by atoms with E-state index in [0.717, 1.165) is 25.4 Å². The monoisotopic (exact) mass is 474 g/mol. The second-order valence-corrected chi connectivity index (χ2v) is 10.0. The fourth-order valence-corrected chi connectivity index (χ4v) is 5.43. The lowest BCUT2D eigenvalue weighted by atomic mass is 10.2. The zero-order valence-electron chi connectivity index (χ0n) is 18.8. The third kappa shape index (κ3) is 5.83. The summed E-state index contributed by atoms with van der Waals surface area (Å²) in [6, 6.07) is 14.2. The van der Waals surface area contributed by atoms with Crippen molar-refractivity contribution in [3.63, 3.8) is 0 Å². The van der Waals surface area contributed by atoms with Crippen LogP contribution in [0.25, 0.3) is 0 Å². The number of ether oxygens (including phenoxy) is 2. The molecule has 0 radical (unpaired) electrons. The summed E-state index contributed by atoms with van der Waals surface area (Å²) in [5.41, 5.74) is 1.67. The number of hydrogen-bond donors (Lipinski definition) is 1. The average molecular weight is 475 g/mol. The molecule has 2 saturated heterocycles. The van der Waals surface area contributed by atoms with Crippen LogP contribution in [-0.4, -0.2) is 88.1 Å². The van der Waals surface area contributed by atoms with Crippen LogP contribution in [0.5, 0.6) is 5.75 Å². The molecule has 0 unspecified atom stereocenters. The van der Waals surface area contributed by atoms with Crippen LogP contribution in [0, 0.1) is 0 Å². The molecule has 2 aliphatic heterocycles. The number of nitrogens with zero attached hydrogens (tertiary/aromatic N) is 3. The van der Waals surface area contributed by atoms with Gasteiger partial charge in [-0.1, -0.05) is 18.2 Å². The number of amides is 2. The van der Waals surface area contributed by atoms with Crippen molar-refractivity contribution in [1.82, 2.24) is 14.1 Å². The van der Waals surface area contributed by atoms with Crippen molar-refractivity contribution in [2.75, 3.05) is 64.9 Å². The predicted molar refractivity (Wildman–Crippen MR) is 125 cm³/mol. The fraction of sp³-hybridized carbons (Fsp3) is 0.435. The highest BCUT2D eigenvalue weighted by Gasteiger charge is 2.27. The number of rotatable bonds is 6. The molecule has 0 saturated carbocycles. The number of piperazine rings is 1. The molecule has 0 aromatic heterocycles. The summed E-state index contributed by atoms with van der Waals surface area (Å²) in [6.45, 7) is 5.01. The lowest BCUT2D eigenvalue weighted by Crippen LogP contribution is -2.49. The molecule has 10 heteroatoms. The molecule has 0 bridgehead atoms. The molecule has 2 heterocycles. The lowest BCUT2D eigenvalue weighted by Gasteiger charge is -2.34. The van der Waals surface area contributed by atoms with Crippen molar-refractivity contribution in [2.45, 2.75) is 11.4 Å². The van der Waals surface area contributed by atoms with E-state index in [9.17, 15) is 13.2 Å². The maximum atomic E-state index is 12.9. The van der Waals surface area contributed by atoms with Gasteiger partial charge < -0.3 is 19.7 Å². The molecular formula is C23H30N4O5S.